The molecule has 19 heavy (non-hydrogen) atoms. The Morgan fingerprint density at radius 2 is 1.74 bits per heavy atom. The summed E-state index contributed by atoms with van der Waals surface area (Å²) in [6, 6.07) is 1.94. The van der Waals surface area contributed by atoms with Crippen LogP contribution in [0.1, 0.15) is 18.5 Å². The van der Waals surface area contributed by atoms with Gasteiger partial charge in [0.1, 0.15) is 11.6 Å². The summed E-state index contributed by atoms with van der Waals surface area (Å²) in [6.45, 7) is 1.60. The van der Waals surface area contributed by atoms with Gasteiger partial charge in [0, 0.05) is 18.3 Å². The maximum absolute atomic E-state index is 13.4. The monoisotopic (exact) mass is 270 g/mol. The molecule has 1 aromatic heterocycles. The maximum atomic E-state index is 13.4. The Labute approximate surface area is 107 Å². The van der Waals surface area contributed by atoms with Crippen LogP contribution in [0.2, 0.25) is 0 Å². The average molecular weight is 270 g/mol. The van der Waals surface area contributed by atoms with Gasteiger partial charge in [-0.15, -0.1) is 0 Å². The molecule has 0 spiro atoms. The van der Waals surface area contributed by atoms with Gasteiger partial charge in [0.2, 0.25) is 0 Å². The van der Waals surface area contributed by atoms with E-state index in [9.17, 15) is 17.6 Å². The molecule has 0 bridgehead atoms. The van der Waals surface area contributed by atoms with Crippen LogP contribution in [-0.2, 0) is 0 Å². The van der Waals surface area contributed by atoms with Crippen molar-refractivity contribution < 1.29 is 17.6 Å². The molecule has 1 unspecified atom stereocenters. The van der Waals surface area contributed by atoms with Gasteiger partial charge in [-0.3, -0.25) is 4.98 Å². The van der Waals surface area contributed by atoms with Crippen molar-refractivity contribution in [3.05, 3.63) is 59.4 Å². The van der Waals surface area contributed by atoms with Crippen LogP contribution in [-0.4, -0.2) is 4.98 Å². The first-order valence-electron chi connectivity index (χ1n) is 5.49. The number of hydrogen-bond acceptors (Lipinski definition) is 2. The molecule has 1 atom stereocenters. The largest absolute Gasteiger partial charge is 0.376 e. The molecular weight excluding hydrogens is 260 g/mol. The smallest absolute Gasteiger partial charge is 0.182 e. The van der Waals surface area contributed by atoms with E-state index >= 15 is 0 Å². The van der Waals surface area contributed by atoms with Crippen molar-refractivity contribution >= 4 is 5.69 Å². The summed E-state index contributed by atoms with van der Waals surface area (Å²) in [5, 5.41) is 2.57. The lowest BCUT2D eigenvalue weighted by Crippen LogP contribution is -2.09. The molecule has 0 aliphatic carbocycles. The number of nitrogens with one attached hydrogen (secondary N) is 1. The van der Waals surface area contributed by atoms with Crippen LogP contribution < -0.4 is 5.32 Å². The quantitative estimate of drug-likeness (QED) is 0.677. The van der Waals surface area contributed by atoms with Gasteiger partial charge in [0.25, 0.3) is 0 Å². The van der Waals surface area contributed by atoms with Gasteiger partial charge < -0.3 is 5.32 Å². The van der Waals surface area contributed by atoms with Gasteiger partial charge in [-0.25, -0.2) is 17.6 Å². The molecule has 0 radical (unpaired) electrons. The first kappa shape index (κ1) is 13.3. The van der Waals surface area contributed by atoms with Crippen molar-refractivity contribution in [2.24, 2.45) is 0 Å². The van der Waals surface area contributed by atoms with E-state index in [4.69, 9.17) is 0 Å². The Hall–Kier alpha value is -2.11. The summed E-state index contributed by atoms with van der Waals surface area (Å²) in [5.41, 5.74) is 0.110. The molecule has 1 heterocycles. The van der Waals surface area contributed by atoms with Crippen molar-refractivity contribution in [2.75, 3.05) is 5.32 Å². The maximum Gasteiger partial charge on any atom is 0.182 e. The van der Waals surface area contributed by atoms with Gasteiger partial charge in [-0.2, -0.15) is 0 Å². The van der Waals surface area contributed by atoms with Crippen LogP contribution in [0.4, 0.5) is 23.2 Å². The van der Waals surface area contributed by atoms with Crippen LogP contribution in [0.3, 0.4) is 0 Å². The average Bonchev–Trinajstić information content (AvgIpc) is 2.35. The molecule has 0 saturated heterocycles. The van der Waals surface area contributed by atoms with Crippen LogP contribution in [0, 0.1) is 23.3 Å². The summed E-state index contributed by atoms with van der Waals surface area (Å²) >= 11 is 0. The van der Waals surface area contributed by atoms with E-state index in [0.717, 1.165) is 12.3 Å². The Bertz CT molecular complexity index is 601. The molecule has 100 valence electrons. The van der Waals surface area contributed by atoms with Crippen molar-refractivity contribution in [2.45, 2.75) is 13.0 Å². The van der Waals surface area contributed by atoms with E-state index in [1.807, 2.05) is 0 Å². The zero-order valence-electron chi connectivity index (χ0n) is 9.92. The van der Waals surface area contributed by atoms with Gasteiger partial charge in [-0.05, 0) is 18.6 Å². The zero-order chi connectivity index (χ0) is 14.0. The number of anilines is 1. The normalized spacial score (nSPS) is 12.3. The van der Waals surface area contributed by atoms with E-state index < -0.39 is 29.3 Å². The molecule has 2 aromatic rings. The Balaban J connectivity index is 2.26. The van der Waals surface area contributed by atoms with E-state index in [2.05, 4.69) is 10.3 Å². The molecule has 2 rings (SSSR count). The number of halogens is 4. The fourth-order valence-electron chi connectivity index (χ4n) is 1.64. The molecule has 0 amide bonds. The highest BCUT2D eigenvalue weighted by Crippen LogP contribution is 2.24. The van der Waals surface area contributed by atoms with E-state index in [1.54, 1.807) is 6.92 Å². The topological polar surface area (TPSA) is 24.9 Å². The summed E-state index contributed by atoms with van der Waals surface area (Å²) < 4.78 is 52.5. The third kappa shape index (κ3) is 3.01. The second-order valence-corrected chi connectivity index (χ2v) is 4.05. The Morgan fingerprint density at radius 3 is 2.42 bits per heavy atom. The van der Waals surface area contributed by atoms with Crippen LogP contribution >= 0.6 is 0 Å². The summed E-state index contributed by atoms with van der Waals surface area (Å²) in [6.07, 6.45) is 2.41. The number of nitrogens with zero attached hydrogens (tertiary/aromatic N) is 1. The predicted octanol–water partition coefficient (Wildman–Crippen LogP) is 3.81. The molecule has 0 aliphatic rings. The van der Waals surface area contributed by atoms with Crippen LogP contribution in [0.5, 0.6) is 0 Å². The molecular formula is C13H10F4N2. The minimum absolute atomic E-state index is 0.325. The van der Waals surface area contributed by atoms with Gasteiger partial charge >= 0.3 is 0 Å². The standard InChI is InChI=1S/C13H10F4N2/c1-7(8-2-10(15)6-18-5-8)19-12-4-9(14)3-11(16)13(12)17/h2-7,19H,1H3. The molecule has 0 saturated carbocycles. The third-order valence-electron chi connectivity index (χ3n) is 2.59. The van der Waals surface area contributed by atoms with E-state index in [-0.39, 0.29) is 5.69 Å². The number of pyridine rings is 1. The number of rotatable bonds is 3. The second-order valence-electron chi connectivity index (χ2n) is 4.05. The minimum Gasteiger partial charge on any atom is -0.376 e. The van der Waals surface area contributed by atoms with Gasteiger partial charge in [-0.1, -0.05) is 0 Å². The minimum atomic E-state index is -1.29. The number of benzene rings is 1. The predicted molar refractivity (Wildman–Crippen MR) is 62.5 cm³/mol. The highest BCUT2D eigenvalue weighted by molar-refractivity contribution is 5.47. The van der Waals surface area contributed by atoms with Crippen LogP contribution in [0.25, 0.3) is 0 Å². The zero-order valence-corrected chi connectivity index (χ0v) is 9.92. The summed E-state index contributed by atoms with van der Waals surface area (Å²) in [7, 11) is 0. The molecule has 1 aromatic carbocycles. The highest BCUT2D eigenvalue weighted by atomic mass is 19.2. The molecule has 1 N–H and O–H groups in total. The first-order chi connectivity index (χ1) is 8.97. The molecule has 0 aliphatic heterocycles. The van der Waals surface area contributed by atoms with Crippen molar-refractivity contribution in [1.82, 2.24) is 4.98 Å². The van der Waals surface area contributed by atoms with Gasteiger partial charge in [0.05, 0.1) is 17.9 Å². The first-order valence-corrected chi connectivity index (χ1v) is 5.49. The lowest BCUT2D eigenvalue weighted by Gasteiger charge is -2.16. The fourth-order valence-corrected chi connectivity index (χ4v) is 1.64. The molecule has 0 fully saturated rings. The molecule has 2 nitrogen and oxygen atoms in total. The lowest BCUT2D eigenvalue weighted by molar-refractivity contribution is 0.496. The summed E-state index contributed by atoms with van der Waals surface area (Å²) in [5.74, 6) is -3.91. The van der Waals surface area contributed by atoms with Crippen LogP contribution in [0.15, 0.2) is 30.6 Å². The highest BCUT2D eigenvalue weighted by Gasteiger charge is 2.14. The second kappa shape index (κ2) is 5.26. The van der Waals surface area contributed by atoms with E-state index in [1.165, 1.54) is 12.3 Å². The van der Waals surface area contributed by atoms with E-state index in [0.29, 0.717) is 11.6 Å². The third-order valence-corrected chi connectivity index (χ3v) is 2.59. The number of aromatic nitrogens is 1. The SMILES string of the molecule is CC(Nc1cc(F)cc(F)c1F)c1cncc(F)c1. The summed E-state index contributed by atoms with van der Waals surface area (Å²) in [4.78, 5) is 3.65. The lowest BCUT2D eigenvalue weighted by atomic mass is 10.1. The fraction of sp³-hybridized carbons (Fsp3) is 0.154. The van der Waals surface area contributed by atoms with Crippen molar-refractivity contribution in [1.29, 1.82) is 0 Å². The van der Waals surface area contributed by atoms with Gasteiger partial charge in [0.15, 0.2) is 11.6 Å². The Morgan fingerprint density at radius 1 is 1.00 bits per heavy atom. The Kier molecular flexibility index (Phi) is 3.69. The molecule has 6 heteroatoms. The number of hydrogen-bond donors (Lipinski definition) is 1. The van der Waals surface area contributed by atoms with Crippen molar-refractivity contribution in [3.8, 4) is 0 Å². The van der Waals surface area contributed by atoms with Crippen molar-refractivity contribution in [3.63, 3.8) is 0 Å².